The quantitative estimate of drug-likeness (QED) is 0.725. The van der Waals surface area contributed by atoms with E-state index in [-0.39, 0.29) is 12.1 Å². The Kier molecular flexibility index (Phi) is 7.86. The minimum Gasteiger partial charge on any atom is -0.444 e. The van der Waals surface area contributed by atoms with Gasteiger partial charge in [-0.05, 0) is 62.2 Å². The number of amides is 1. The first kappa shape index (κ1) is 19.5. The lowest BCUT2D eigenvalue weighted by Gasteiger charge is -2.27. The van der Waals surface area contributed by atoms with Crippen molar-refractivity contribution in [3.8, 4) is 0 Å². The predicted octanol–water partition coefficient (Wildman–Crippen LogP) is 4.81. The van der Waals surface area contributed by atoms with E-state index in [2.05, 4.69) is 47.2 Å². The molecule has 1 aromatic rings. The number of rotatable bonds is 7. The van der Waals surface area contributed by atoms with Gasteiger partial charge in [-0.1, -0.05) is 6.92 Å². The summed E-state index contributed by atoms with van der Waals surface area (Å²) in [4.78, 5) is 15.2. The highest BCUT2D eigenvalue weighted by atomic mass is 79.9. The van der Waals surface area contributed by atoms with Gasteiger partial charge in [-0.3, -0.25) is 0 Å². The Bertz CT molecular complexity index is 471. The zero-order chi connectivity index (χ0) is 16.8. The molecule has 6 heteroatoms. The lowest BCUT2D eigenvalue weighted by molar-refractivity contribution is 0.0251. The number of nitrogens with one attached hydrogen (secondary N) is 1. The summed E-state index contributed by atoms with van der Waals surface area (Å²) in [6, 6.07) is 4.45. The fourth-order valence-electron chi connectivity index (χ4n) is 1.97. The van der Waals surface area contributed by atoms with Crippen LogP contribution in [-0.2, 0) is 4.74 Å². The van der Waals surface area contributed by atoms with Crippen LogP contribution in [0.2, 0.25) is 0 Å². The van der Waals surface area contributed by atoms with E-state index in [1.54, 1.807) is 16.2 Å². The third-order valence-corrected chi connectivity index (χ3v) is 4.80. The number of hydrogen-bond donors (Lipinski definition) is 1. The largest absolute Gasteiger partial charge is 0.444 e. The fourth-order valence-corrected chi connectivity index (χ4v) is 3.42. The fraction of sp³-hybridized carbons (Fsp3) is 0.688. The van der Waals surface area contributed by atoms with Crippen LogP contribution in [0, 0.1) is 0 Å². The number of ether oxygens (including phenoxy) is 1. The van der Waals surface area contributed by atoms with Crippen molar-refractivity contribution in [1.82, 2.24) is 10.2 Å². The van der Waals surface area contributed by atoms with Gasteiger partial charge in [0.1, 0.15) is 5.60 Å². The molecule has 0 bridgehead atoms. The lowest BCUT2D eigenvalue weighted by Crippen LogP contribution is -2.41. The second kappa shape index (κ2) is 8.89. The molecule has 1 rings (SSSR count). The summed E-state index contributed by atoms with van der Waals surface area (Å²) in [5, 5.41) is 3.46. The third kappa shape index (κ3) is 7.11. The van der Waals surface area contributed by atoms with Crippen molar-refractivity contribution in [3.05, 3.63) is 20.8 Å². The number of nitrogens with zero attached hydrogens (tertiary/aromatic N) is 1. The molecule has 1 atom stereocenters. The molecule has 1 aromatic heterocycles. The van der Waals surface area contributed by atoms with Gasteiger partial charge >= 0.3 is 6.09 Å². The molecule has 126 valence electrons. The summed E-state index contributed by atoms with van der Waals surface area (Å²) < 4.78 is 6.59. The van der Waals surface area contributed by atoms with E-state index in [0.717, 1.165) is 23.3 Å². The summed E-state index contributed by atoms with van der Waals surface area (Å²) in [6.07, 6.45) is 0.690. The van der Waals surface area contributed by atoms with Crippen molar-refractivity contribution >= 4 is 33.4 Å². The van der Waals surface area contributed by atoms with Gasteiger partial charge < -0.3 is 15.0 Å². The van der Waals surface area contributed by atoms with E-state index in [0.29, 0.717) is 6.54 Å². The number of carbonyl (C=O) groups excluding carboxylic acids is 1. The molecular formula is C16H27BrN2O2S. The van der Waals surface area contributed by atoms with Gasteiger partial charge in [0.05, 0.1) is 3.79 Å². The van der Waals surface area contributed by atoms with Crippen LogP contribution in [0.4, 0.5) is 4.79 Å². The van der Waals surface area contributed by atoms with E-state index in [9.17, 15) is 4.79 Å². The van der Waals surface area contributed by atoms with Gasteiger partial charge in [-0.15, -0.1) is 11.3 Å². The van der Waals surface area contributed by atoms with Crippen LogP contribution in [0.1, 0.15) is 52.0 Å². The Morgan fingerprint density at radius 2 is 2.09 bits per heavy atom. The second-order valence-electron chi connectivity index (χ2n) is 6.29. The van der Waals surface area contributed by atoms with Gasteiger partial charge in [-0.2, -0.15) is 0 Å². The lowest BCUT2D eigenvalue weighted by atomic mass is 10.2. The molecule has 0 spiro atoms. The van der Waals surface area contributed by atoms with E-state index >= 15 is 0 Å². The molecule has 4 nitrogen and oxygen atoms in total. The Hall–Kier alpha value is -0.590. The van der Waals surface area contributed by atoms with E-state index in [1.807, 2.05) is 20.8 Å². The van der Waals surface area contributed by atoms with Crippen LogP contribution in [-0.4, -0.2) is 36.2 Å². The molecule has 22 heavy (non-hydrogen) atoms. The first-order valence-electron chi connectivity index (χ1n) is 7.69. The first-order chi connectivity index (χ1) is 10.2. The number of halogens is 1. The van der Waals surface area contributed by atoms with Gasteiger partial charge in [0.15, 0.2) is 0 Å². The average Bonchev–Trinajstić information content (AvgIpc) is 2.82. The van der Waals surface area contributed by atoms with Crippen molar-refractivity contribution in [1.29, 1.82) is 0 Å². The van der Waals surface area contributed by atoms with Crippen LogP contribution in [0.3, 0.4) is 0 Å². The van der Waals surface area contributed by atoms with Crippen LogP contribution in [0.25, 0.3) is 0 Å². The Labute approximate surface area is 146 Å². The highest BCUT2D eigenvalue weighted by molar-refractivity contribution is 9.11. The molecule has 0 aliphatic heterocycles. The summed E-state index contributed by atoms with van der Waals surface area (Å²) in [6.45, 7) is 12.0. The SMILES string of the molecule is CCCN(CCNC(C)c1ccc(Br)s1)C(=O)OC(C)(C)C. The summed E-state index contributed by atoms with van der Waals surface area (Å²) in [7, 11) is 0. The number of carbonyl (C=O) groups is 1. The molecule has 1 N–H and O–H groups in total. The van der Waals surface area contributed by atoms with Gasteiger partial charge in [0, 0.05) is 30.6 Å². The van der Waals surface area contributed by atoms with E-state index in [1.165, 1.54) is 4.88 Å². The third-order valence-electron chi connectivity index (χ3n) is 3.00. The molecule has 0 saturated carbocycles. The molecule has 0 radical (unpaired) electrons. The Balaban J connectivity index is 2.45. The molecule has 1 heterocycles. The second-order valence-corrected chi connectivity index (χ2v) is 8.78. The van der Waals surface area contributed by atoms with E-state index in [4.69, 9.17) is 4.74 Å². The van der Waals surface area contributed by atoms with Crippen molar-refractivity contribution in [2.75, 3.05) is 19.6 Å². The van der Waals surface area contributed by atoms with Crippen molar-refractivity contribution in [2.24, 2.45) is 0 Å². The van der Waals surface area contributed by atoms with Gasteiger partial charge in [0.25, 0.3) is 0 Å². The van der Waals surface area contributed by atoms with Crippen molar-refractivity contribution in [2.45, 2.75) is 52.7 Å². The zero-order valence-electron chi connectivity index (χ0n) is 14.1. The summed E-state index contributed by atoms with van der Waals surface area (Å²) in [5.41, 5.74) is -0.451. The minimum absolute atomic E-state index is 0.234. The summed E-state index contributed by atoms with van der Waals surface area (Å²) >= 11 is 5.21. The maximum atomic E-state index is 12.2. The highest BCUT2D eigenvalue weighted by Gasteiger charge is 2.21. The monoisotopic (exact) mass is 390 g/mol. The highest BCUT2D eigenvalue weighted by Crippen LogP contribution is 2.26. The summed E-state index contributed by atoms with van der Waals surface area (Å²) in [5.74, 6) is 0. The predicted molar refractivity (Wildman–Crippen MR) is 96.5 cm³/mol. The van der Waals surface area contributed by atoms with Gasteiger partial charge in [-0.25, -0.2) is 4.79 Å². The maximum absolute atomic E-state index is 12.2. The standard InChI is InChI=1S/C16H27BrN2O2S/c1-6-10-19(15(20)21-16(3,4)5)11-9-18-12(2)13-7-8-14(17)22-13/h7-8,12,18H,6,9-11H2,1-5H3. The zero-order valence-corrected chi connectivity index (χ0v) is 16.5. The molecule has 0 saturated heterocycles. The van der Waals surface area contributed by atoms with Crippen molar-refractivity contribution < 1.29 is 9.53 Å². The smallest absolute Gasteiger partial charge is 0.410 e. The Morgan fingerprint density at radius 3 is 2.59 bits per heavy atom. The van der Waals surface area contributed by atoms with Crippen molar-refractivity contribution in [3.63, 3.8) is 0 Å². The van der Waals surface area contributed by atoms with Crippen LogP contribution >= 0.6 is 27.3 Å². The van der Waals surface area contributed by atoms with Gasteiger partial charge in [0.2, 0.25) is 0 Å². The topological polar surface area (TPSA) is 41.6 Å². The molecule has 1 amide bonds. The maximum Gasteiger partial charge on any atom is 0.410 e. The molecule has 0 aliphatic rings. The molecule has 0 fully saturated rings. The van der Waals surface area contributed by atoms with Crippen LogP contribution < -0.4 is 5.32 Å². The van der Waals surface area contributed by atoms with E-state index < -0.39 is 5.60 Å². The normalized spacial score (nSPS) is 13.0. The molecule has 1 unspecified atom stereocenters. The number of hydrogen-bond acceptors (Lipinski definition) is 4. The minimum atomic E-state index is -0.451. The molecule has 0 aliphatic carbocycles. The average molecular weight is 391 g/mol. The van der Waals surface area contributed by atoms with Crippen LogP contribution in [0.15, 0.2) is 15.9 Å². The molecule has 0 aromatic carbocycles. The first-order valence-corrected chi connectivity index (χ1v) is 9.30. The van der Waals surface area contributed by atoms with Crippen LogP contribution in [0.5, 0.6) is 0 Å². The molecular weight excluding hydrogens is 364 g/mol. The number of thiophene rings is 1. The Morgan fingerprint density at radius 1 is 1.41 bits per heavy atom.